The molecule has 1 heterocycles. The van der Waals surface area contributed by atoms with E-state index in [1.807, 2.05) is 0 Å². The Labute approximate surface area is 150 Å². The predicted octanol–water partition coefficient (Wildman–Crippen LogP) is 3.70. The van der Waals surface area contributed by atoms with Crippen LogP contribution in [0.25, 0.3) is 22.1 Å². The van der Waals surface area contributed by atoms with Gasteiger partial charge >= 0.3 is 21.3 Å². The molecule has 0 aliphatic rings. The lowest BCUT2D eigenvalue weighted by Gasteiger charge is -2.10. The van der Waals surface area contributed by atoms with Crippen LogP contribution in [0.4, 0.5) is 13.2 Å². The maximum Gasteiger partial charge on any atom is 0.534 e. The highest BCUT2D eigenvalue weighted by molar-refractivity contribution is 7.88. The number of rotatable bonds is 4. The minimum Gasteiger partial charge on any atom is -0.497 e. The largest absolute Gasteiger partial charge is 0.534 e. The van der Waals surface area contributed by atoms with Crippen molar-refractivity contribution in [2.24, 2.45) is 0 Å². The van der Waals surface area contributed by atoms with E-state index < -0.39 is 27.0 Å². The smallest absolute Gasteiger partial charge is 0.497 e. The van der Waals surface area contributed by atoms with Crippen molar-refractivity contribution in [2.75, 3.05) is 7.11 Å². The van der Waals surface area contributed by atoms with Gasteiger partial charge in [0.15, 0.2) is 0 Å². The fourth-order valence-corrected chi connectivity index (χ4v) is 2.74. The minimum atomic E-state index is -5.82. The third-order valence-corrected chi connectivity index (χ3v) is 4.58. The lowest BCUT2D eigenvalue weighted by Crippen LogP contribution is -2.28. The van der Waals surface area contributed by atoms with E-state index in [4.69, 9.17) is 9.15 Å². The van der Waals surface area contributed by atoms with Crippen LogP contribution >= 0.6 is 0 Å². The Morgan fingerprint density at radius 3 is 2.19 bits per heavy atom. The molecule has 0 fully saturated rings. The van der Waals surface area contributed by atoms with Gasteiger partial charge < -0.3 is 13.3 Å². The molecule has 0 atom stereocenters. The molecule has 2 aromatic carbocycles. The van der Waals surface area contributed by atoms with Gasteiger partial charge in [-0.2, -0.15) is 21.6 Å². The van der Waals surface area contributed by atoms with Crippen molar-refractivity contribution in [3.63, 3.8) is 0 Å². The molecular weight excluding hydrogens is 389 g/mol. The zero-order valence-electron chi connectivity index (χ0n) is 13.6. The van der Waals surface area contributed by atoms with Gasteiger partial charge in [0.2, 0.25) is 0 Å². The highest BCUT2D eigenvalue weighted by atomic mass is 32.2. The van der Waals surface area contributed by atoms with E-state index in [2.05, 4.69) is 4.18 Å². The Morgan fingerprint density at radius 2 is 1.59 bits per heavy atom. The van der Waals surface area contributed by atoms with Gasteiger partial charge in [0, 0.05) is 11.5 Å². The zero-order valence-corrected chi connectivity index (χ0v) is 14.4. The van der Waals surface area contributed by atoms with E-state index >= 15 is 0 Å². The topological polar surface area (TPSA) is 82.8 Å². The Hall–Kier alpha value is -3.01. The minimum absolute atomic E-state index is 0.118. The molecule has 3 aromatic rings. The van der Waals surface area contributed by atoms with E-state index in [-0.39, 0.29) is 11.1 Å². The van der Waals surface area contributed by atoms with Gasteiger partial charge in [0.1, 0.15) is 17.1 Å². The molecule has 0 amide bonds. The van der Waals surface area contributed by atoms with Crippen molar-refractivity contribution in [2.45, 2.75) is 5.51 Å². The maximum absolute atomic E-state index is 12.4. The van der Waals surface area contributed by atoms with Gasteiger partial charge in [-0.1, -0.05) is 12.1 Å². The SMILES string of the molecule is COc1ccc(-c2cc3ccc(OS(=O)(=O)C(F)(F)F)cc3oc2=O)cc1. The molecule has 0 unspecified atom stereocenters. The Bertz CT molecular complexity index is 1150. The molecule has 1 aromatic heterocycles. The summed E-state index contributed by atoms with van der Waals surface area (Å²) >= 11 is 0. The van der Waals surface area contributed by atoms with Crippen molar-refractivity contribution in [3.05, 3.63) is 59.0 Å². The summed E-state index contributed by atoms with van der Waals surface area (Å²) in [6.45, 7) is 0. The molecule has 0 bridgehead atoms. The third kappa shape index (κ3) is 3.75. The molecule has 0 radical (unpaired) electrons. The Morgan fingerprint density at radius 1 is 0.963 bits per heavy atom. The average Bonchev–Trinajstić information content (AvgIpc) is 2.60. The van der Waals surface area contributed by atoms with E-state index in [1.165, 1.54) is 19.2 Å². The number of ether oxygens (including phenoxy) is 1. The van der Waals surface area contributed by atoms with Crippen LogP contribution in [0, 0.1) is 0 Å². The van der Waals surface area contributed by atoms with Gasteiger partial charge in [-0.15, -0.1) is 0 Å². The summed E-state index contributed by atoms with van der Waals surface area (Å²) in [5.41, 5.74) is -5.66. The molecule has 142 valence electrons. The molecule has 10 heteroatoms. The van der Waals surface area contributed by atoms with Crippen LogP contribution in [0.2, 0.25) is 0 Å². The first-order valence-corrected chi connectivity index (χ1v) is 8.74. The lowest BCUT2D eigenvalue weighted by atomic mass is 10.1. The highest BCUT2D eigenvalue weighted by Crippen LogP contribution is 2.30. The first-order valence-electron chi connectivity index (χ1n) is 7.34. The molecule has 0 saturated carbocycles. The van der Waals surface area contributed by atoms with E-state index in [9.17, 15) is 26.4 Å². The second kappa shape index (κ2) is 6.62. The molecule has 0 aliphatic heterocycles. The second-order valence-corrected chi connectivity index (χ2v) is 6.90. The van der Waals surface area contributed by atoms with Gasteiger partial charge in [0.05, 0.1) is 12.7 Å². The van der Waals surface area contributed by atoms with E-state index in [1.54, 1.807) is 24.3 Å². The van der Waals surface area contributed by atoms with Crippen LogP contribution in [0.1, 0.15) is 0 Å². The van der Waals surface area contributed by atoms with Crippen LogP contribution < -0.4 is 14.5 Å². The van der Waals surface area contributed by atoms with Crippen molar-refractivity contribution in [1.29, 1.82) is 0 Å². The summed E-state index contributed by atoms with van der Waals surface area (Å²) in [7, 11) is -4.32. The van der Waals surface area contributed by atoms with E-state index in [0.717, 1.165) is 12.1 Å². The average molecular weight is 400 g/mol. The number of benzene rings is 2. The van der Waals surface area contributed by atoms with Gasteiger partial charge in [-0.3, -0.25) is 0 Å². The standard InChI is InChI=1S/C17H11F3O6S/c1-24-12-5-2-10(3-6-12)14-8-11-4-7-13(9-15(11)25-16(14)21)26-27(22,23)17(18,19)20/h2-9H,1H3. The fourth-order valence-electron chi connectivity index (χ4n) is 2.29. The normalized spacial score (nSPS) is 12.1. The number of halogens is 3. The number of hydrogen-bond donors (Lipinski definition) is 0. The van der Waals surface area contributed by atoms with Crippen LogP contribution in [-0.2, 0) is 10.1 Å². The first-order chi connectivity index (χ1) is 12.6. The number of alkyl halides is 3. The molecule has 27 heavy (non-hydrogen) atoms. The van der Waals surface area contributed by atoms with Crippen LogP contribution in [-0.4, -0.2) is 21.0 Å². The monoisotopic (exact) mass is 400 g/mol. The maximum atomic E-state index is 12.4. The quantitative estimate of drug-likeness (QED) is 0.377. The summed E-state index contributed by atoms with van der Waals surface area (Å²) in [6.07, 6.45) is 0. The van der Waals surface area contributed by atoms with Crippen molar-refractivity contribution in [3.8, 4) is 22.6 Å². The number of fused-ring (bicyclic) bond motifs is 1. The Balaban J connectivity index is 2.01. The zero-order chi connectivity index (χ0) is 19.8. The number of methoxy groups -OCH3 is 1. The first kappa shape index (κ1) is 18.8. The summed E-state index contributed by atoms with van der Waals surface area (Å²) < 4.78 is 73.5. The summed E-state index contributed by atoms with van der Waals surface area (Å²) in [5, 5.41) is 0.372. The molecule has 3 rings (SSSR count). The number of hydrogen-bond acceptors (Lipinski definition) is 6. The molecule has 0 spiro atoms. The van der Waals surface area contributed by atoms with Crippen LogP contribution in [0.15, 0.2) is 57.7 Å². The van der Waals surface area contributed by atoms with E-state index in [0.29, 0.717) is 16.7 Å². The summed E-state index contributed by atoms with van der Waals surface area (Å²) in [5.74, 6) is -0.0308. The predicted molar refractivity (Wildman–Crippen MR) is 90.1 cm³/mol. The van der Waals surface area contributed by atoms with Crippen LogP contribution in [0.3, 0.4) is 0 Å². The molecular formula is C17H11F3O6S. The van der Waals surface area contributed by atoms with Gasteiger partial charge in [-0.25, -0.2) is 4.79 Å². The highest BCUT2D eigenvalue weighted by Gasteiger charge is 2.48. The van der Waals surface area contributed by atoms with Gasteiger partial charge in [0.25, 0.3) is 0 Å². The Kier molecular flexibility index (Phi) is 4.60. The summed E-state index contributed by atoms with van der Waals surface area (Å²) in [4.78, 5) is 12.2. The molecule has 0 aliphatic carbocycles. The second-order valence-electron chi connectivity index (χ2n) is 5.36. The summed E-state index contributed by atoms with van der Waals surface area (Å²) in [6, 6.07) is 11.3. The lowest BCUT2D eigenvalue weighted by molar-refractivity contribution is -0.0500. The van der Waals surface area contributed by atoms with Crippen molar-refractivity contribution >= 4 is 21.1 Å². The fraction of sp³-hybridized carbons (Fsp3) is 0.118. The third-order valence-electron chi connectivity index (χ3n) is 3.60. The van der Waals surface area contributed by atoms with Crippen molar-refractivity contribution in [1.82, 2.24) is 0 Å². The molecule has 0 N–H and O–H groups in total. The molecule has 6 nitrogen and oxygen atoms in total. The van der Waals surface area contributed by atoms with Crippen molar-refractivity contribution < 1.29 is 34.9 Å². The molecule has 0 saturated heterocycles. The van der Waals surface area contributed by atoms with Crippen LogP contribution in [0.5, 0.6) is 11.5 Å². The van der Waals surface area contributed by atoms with Gasteiger partial charge in [-0.05, 0) is 35.9 Å².